The van der Waals surface area contributed by atoms with Crippen LogP contribution in [0.5, 0.6) is 0 Å². The molecule has 1 aliphatic carbocycles. The van der Waals surface area contributed by atoms with Crippen molar-refractivity contribution in [3.63, 3.8) is 0 Å². The summed E-state index contributed by atoms with van der Waals surface area (Å²) in [5, 5.41) is 14.6. The predicted molar refractivity (Wildman–Crippen MR) is 122 cm³/mol. The highest BCUT2D eigenvalue weighted by molar-refractivity contribution is 5.89. The third kappa shape index (κ3) is 2.80. The van der Waals surface area contributed by atoms with Gasteiger partial charge in [0.05, 0.1) is 34.6 Å². The molecule has 1 atom stereocenters. The lowest BCUT2D eigenvalue weighted by molar-refractivity contribution is -0.172. The molecule has 1 fully saturated rings. The van der Waals surface area contributed by atoms with Gasteiger partial charge in [0, 0.05) is 30.6 Å². The molecule has 0 unspecified atom stereocenters. The van der Waals surface area contributed by atoms with Crippen LogP contribution in [-0.4, -0.2) is 26.3 Å². The average molecular weight is 465 g/mol. The first-order chi connectivity index (χ1) is 16.2. The smallest absolute Gasteiger partial charge is 0.343 e. The normalized spacial score (nSPS) is 20.8. The van der Waals surface area contributed by atoms with Gasteiger partial charge in [0.15, 0.2) is 11.0 Å². The van der Waals surface area contributed by atoms with E-state index in [4.69, 9.17) is 4.74 Å². The number of cyclic esters (lactones) is 1. The molecular formula is C25H24FN3O5. The van der Waals surface area contributed by atoms with E-state index in [0.717, 1.165) is 12.8 Å². The summed E-state index contributed by atoms with van der Waals surface area (Å²) < 4.78 is 23.0. The Kier molecular flexibility index (Phi) is 4.44. The van der Waals surface area contributed by atoms with Crippen molar-refractivity contribution in [2.24, 2.45) is 7.05 Å². The fraction of sp³-hybridized carbons (Fsp3) is 0.400. The van der Waals surface area contributed by atoms with E-state index >= 15 is 0 Å². The summed E-state index contributed by atoms with van der Waals surface area (Å²) in [6.45, 7) is 1.99. The van der Waals surface area contributed by atoms with Crippen LogP contribution in [-0.2, 0) is 41.9 Å². The first kappa shape index (κ1) is 21.2. The third-order valence-corrected chi connectivity index (χ3v) is 7.42. The van der Waals surface area contributed by atoms with Gasteiger partial charge in [0.1, 0.15) is 12.4 Å². The lowest BCUT2D eigenvalue weighted by Crippen LogP contribution is -2.44. The zero-order valence-corrected chi connectivity index (χ0v) is 18.9. The Morgan fingerprint density at radius 3 is 2.71 bits per heavy atom. The highest BCUT2D eigenvalue weighted by Crippen LogP contribution is 2.38. The number of fused-ring (bicyclic) bond motifs is 5. The Balaban J connectivity index is 1.62. The van der Waals surface area contributed by atoms with Gasteiger partial charge < -0.3 is 24.3 Å². The van der Waals surface area contributed by atoms with Gasteiger partial charge in [-0.1, -0.05) is 6.92 Å². The van der Waals surface area contributed by atoms with Crippen LogP contribution in [0.3, 0.4) is 0 Å². The van der Waals surface area contributed by atoms with Gasteiger partial charge >= 0.3 is 5.97 Å². The minimum Gasteiger partial charge on any atom is -0.458 e. The minimum absolute atomic E-state index is 0.0207. The highest BCUT2D eigenvalue weighted by Gasteiger charge is 2.45. The largest absolute Gasteiger partial charge is 0.458 e. The maximum absolute atomic E-state index is 14.6. The first-order valence-corrected chi connectivity index (χ1v) is 11.5. The average Bonchev–Trinajstić information content (AvgIpc) is 3.56. The number of nitrogens with one attached hydrogen (secondary N) is 1. The summed E-state index contributed by atoms with van der Waals surface area (Å²) in [6.07, 6.45) is 2.19. The number of rotatable bonds is 4. The van der Waals surface area contributed by atoms with Crippen LogP contribution in [0, 0.1) is 5.82 Å². The molecule has 2 aromatic heterocycles. The summed E-state index contributed by atoms with van der Waals surface area (Å²) in [5.41, 5.74) is 0.200. The Hall–Kier alpha value is -3.30. The summed E-state index contributed by atoms with van der Waals surface area (Å²) in [5.74, 6) is -1.31. The molecule has 0 bridgehead atoms. The van der Waals surface area contributed by atoms with Gasteiger partial charge in [-0.15, -0.1) is 0 Å². The molecule has 6 rings (SSSR count). The van der Waals surface area contributed by atoms with Crippen molar-refractivity contribution in [3.05, 3.63) is 67.0 Å². The van der Waals surface area contributed by atoms with Crippen LogP contribution in [0.15, 0.2) is 27.8 Å². The number of aryl methyl sites for hydroxylation is 1. The van der Waals surface area contributed by atoms with Crippen LogP contribution >= 0.6 is 0 Å². The lowest BCUT2D eigenvalue weighted by atomic mass is 9.85. The molecule has 0 spiro atoms. The predicted octanol–water partition coefficient (Wildman–Crippen LogP) is 1.77. The molecule has 0 amide bonds. The minimum atomic E-state index is -1.96. The first-order valence-electron chi connectivity index (χ1n) is 11.5. The number of hydrogen-bond donors (Lipinski definition) is 2. The highest BCUT2D eigenvalue weighted by atomic mass is 19.1. The molecule has 1 saturated carbocycles. The summed E-state index contributed by atoms with van der Waals surface area (Å²) in [6, 6.07) is 4.65. The van der Waals surface area contributed by atoms with E-state index in [9.17, 15) is 23.9 Å². The molecule has 0 radical (unpaired) electrons. The van der Waals surface area contributed by atoms with Crippen LogP contribution in [0.25, 0.3) is 22.2 Å². The van der Waals surface area contributed by atoms with Gasteiger partial charge in [-0.2, -0.15) is 0 Å². The number of ether oxygens (including phenoxy) is 1. The number of aliphatic hydroxyl groups is 1. The van der Waals surface area contributed by atoms with Crippen LogP contribution in [0.4, 0.5) is 4.39 Å². The van der Waals surface area contributed by atoms with E-state index in [1.54, 1.807) is 13.0 Å². The van der Waals surface area contributed by atoms with E-state index in [-0.39, 0.29) is 41.5 Å². The number of benzene rings is 1. The second kappa shape index (κ2) is 7.10. The molecule has 3 aliphatic rings. The molecule has 1 aromatic carbocycles. The number of esters is 1. The van der Waals surface area contributed by atoms with E-state index in [2.05, 4.69) is 5.32 Å². The SMILES string of the molecule is CC[C@@]1(O)C(=O)OCc2c1cc1n(c2=O)Cc2c-1c(=O)c1cc(F)cc(CNC3CC3)c1n2C. The number of hydrogen-bond acceptors (Lipinski definition) is 6. The number of carbonyl (C=O) groups excluding carboxylic acids is 1. The van der Waals surface area contributed by atoms with Gasteiger partial charge in [-0.05, 0) is 43.0 Å². The maximum Gasteiger partial charge on any atom is 0.343 e. The molecule has 4 heterocycles. The number of pyridine rings is 2. The molecule has 2 aliphatic heterocycles. The molecule has 8 nitrogen and oxygen atoms in total. The molecule has 9 heteroatoms. The molecule has 2 N–H and O–H groups in total. The van der Waals surface area contributed by atoms with Crippen molar-refractivity contribution in [1.29, 1.82) is 0 Å². The molecule has 0 saturated heterocycles. The second-order valence-corrected chi connectivity index (χ2v) is 9.43. The van der Waals surface area contributed by atoms with Crippen LogP contribution < -0.4 is 16.3 Å². The van der Waals surface area contributed by atoms with Crippen molar-refractivity contribution in [1.82, 2.24) is 14.5 Å². The fourth-order valence-corrected chi connectivity index (χ4v) is 5.33. The molecule has 3 aromatic rings. The Morgan fingerprint density at radius 1 is 1.24 bits per heavy atom. The van der Waals surface area contributed by atoms with Crippen molar-refractivity contribution < 1.29 is 19.0 Å². The van der Waals surface area contributed by atoms with E-state index in [1.165, 1.54) is 16.7 Å². The molecule has 176 valence electrons. The topological polar surface area (TPSA) is 103 Å². The number of halogens is 1. The summed E-state index contributed by atoms with van der Waals surface area (Å²) >= 11 is 0. The van der Waals surface area contributed by atoms with Crippen molar-refractivity contribution in [2.45, 2.75) is 57.5 Å². The zero-order chi connectivity index (χ0) is 23.9. The van der Waals surface area contributed by atoms with Gasteiger partial charge in [-0.25, -0.2) is 9.18 Å². The maximum atomic E-state index is 14.6. The van der Waals surface area contributed by atoms with Crippen molar-refractivity contribution in [2.75, 3.05) is 0 Å². The molecular weight excluding hydrogens is 441 g/mol. The Morgan fingerprint density at radius 2 is 2.00 bits per heavy atom. The van der Waals surface area contributed by atoms with Crippen molar-refractivity contribution in [3.8, 4) is 11.3 Å². The Labute approximate surface area is 193 Å². The standard InChI is InChI=1S/C25H24FN3O5/c1-3-25(33)17-8-18-20-19(10-29(18)23(31)16(17)11-34-24(25)32)28(2)21-12(9-27-14-4-5-14)6-13(26)7-15(21)22(20)30/h6-8,14,27,33H,3-5,9-11H2,1-2H3/t25-/m0/s1. The number of nitrogens with zero attached hydrogens (tertiary/aromatic N) is 2. The van der Waals surface area contributed by atoms with Gasteiger partial charge in [0.25, 0.3) is 5.56 Å². The van der Waals surface area contributed by atoms with E-state index < -0.39 is 22.9 Å². The second-order valence-electron chi connectivity index (χ2n) is 9.43. The third-order valence-electron chi connectivity index (χ3n) is 7.42. The summed E-state index contributed by atoms with van der Waals surface area (Å²) in [7, 11) is 1.81. The quantitative estimate of drug-likeness (QED) is 0.446. The van der Waals surface area contributed by atoms with Crippen LogP contribution in [0.2, 0.25) is 0 Å². The van der Waals surface area contributed by atoms with E-state index in [0.29, 0.717) is 40.6 Å². The summed E-state index contributed by atoms with van der Waals surface area (Å²) in [4.78, 5) is 39.4. The fourth-order valence-electron chi connectivity index (χ4n) is 5.33. The monoisotopic (exact) mass is 465 g/mol. The van der Waals surface area contributed by atoms with Crippen molar-refractivity contribution >= 4 is 16.9 Å². The number of aromatic nitrogens is 2. The van der Waals surface area contributed by atoms with Gasteiger partial charge in [-0.3, -0.25) is 9.59 Å². The molecule has 34 heavy (non-hydrogen) atoms. The zero-order valence-electron chi connectivity index (χ0n) is 18.9. The van der Waals surface area contributed by atoms with E-state index in [1.807, 2.05) is 11.6 Å². The van der Waals surface area contributed by atoms with Gasteiger partial charge in [0.2, 0.25) is 0 Å². The van der Waals surface area contributed by atoms with Crippen LogP contribution in [0.1, 0.15) is 48.6 Å². The Bertz CT molecular complexity index is 1530. The number of carbonyl (C=O) groups is 1. The lowest BCUT2D eigenvalue weighted by Gasteiger charge is -2.31.